The Morgan fingerprint density at radius 3 is 2.84 bits per heavy atom. The average Bonchev–Trinajstić information content (AvgIpc) is 2.80. The summed E-state index contributed by atoms with van der Waals surface area (Å²) in [5.41, 5.74) is 0. The standard InChI is InChI=1S/C12H18F2N2O2S/c1-2-16-11(17)5-6-15-7-9-3-4-10(18-9)8-19-12(13)14/h3-4,12,15H,2,5-8H2,1H3,(H,16,17). The topological polar surface area (TPSA) is 54.3 Å². The van der Waals surface area contributed by atoms with Crippen LogP contribution in [-0.4, -0.2) is 24.8 Å². The number of thioether (sulfide) groups is 1. The van der Waals surface area contributed by atoms with Gasteiger partial charge in [0.25, 0.3) is 5.76 Å². The van der Waals surface area contributed by atoms with Crippen molar-refractivity contribution in [2.75, 3.05) is 13.1 Å². The summed E-state index contributed by atoms with van der Waals surface area (Å²) in [5, 5.41) is 5.76. The van der Waals surface area contributed by atoms with E-state index in [1.807, 2.05) is 6.92 Å². The van der Waals surface area contributed by atoms with Gasteiger partial charge in [-0.2, -0.15) is 8.78 Å². The molecule has 2 N–H and O–H groups in total. The van der Waals surface area contributed by atoms with Crippen LogP contribution < -0.4 is 10.6 Å². The van der Waals surface area contributed by atoms with E-state index in [-0.39, 0.29) is 11.7 Å². The third-order valence-corrected chi connectivity index (χ3v) is 2.97. The van der Waals surface area contributed by atoms with Crippen LogP contribution in [0.2, 0.25) is 0 Å². The SMILES string of the molecule is CCNC(=O)CCNCc1ccc(CSC(F)F)o1. The molecule has 1 aromatic heterocycles. The van der Waals surface area contributed by atoms with Crippen LogP contribution in [0.3, 0.4) is 0 Å². The molecular weight excluding hydrogens is 274 g/mol. The molecule has 0 radical (unpaired) electrons. The molecule has 0 atom stereocenters. The molecule has 0 aliphatic carbocycles. The normalized spacial score (nSPS) is 10.9. The number of carbonyl (C=O) groups is 1. The average molecular weight is 292 g/mol. The fourth-order valence-corrected chi connectivity index (χ4v) is 1.88. The summed E-state index contributed by atoms with van der Waals surface area (Å²) < 4.78 is 29.3. The lowest BCUT2D eigenvalue weighted by Crippen LogP contribution is -2.27. The van der Waals surface area contributed by atoms with Gasteiger partial charge in [-0.1, -0.05) is 11.8 Å². The number of halogens is 2. The summed E-state index contributed by atoms with van der Waals surface area (Å²) in [5.74, 6) is -1.00. The van der Waals surface area contributed by atoms with Gasteiger partial charge >= 0.3 is 0 Å². The van der Waals surface area contributed by atoms with E-state index < -0.39 is 5.76 Å². The lowest BCUT2D eigenvalue weighted by Gasteiger charge is -2.03. The number of hydrogen-bond donors (Lipinski definition) is 2. The van der Waals surface area contributed by atoms with Crippen molar-refractivity contribution in [2.45, 2.75) is 31.4 Å². The summed E-state index contributed by atoms with van der Waals surface area (Å²) in [4.78, 5) is 11.2. The molecule has 0 saturated carbocycles. The number of amides is 1. The van der Waals surface area contributed by atoms with Crippen LogP contribution in [0.25, 0.3) is 0 Å². The first-order chi connectivity index (χ1) is 9.11. The van der Waals surface area contributed by atoms with Crippen LogP contribution in [0.15, 0.2) is 16.5 Å². The predicted octanol–water partition coefficient (Wildman–Crippen LogP) is 2.35. The lowest BCUT2D eigenvalue weighted by atomic mass is 10.3. The van der Waals surface area contributed by atoms with Gasteiger partial charge in [0.05, 0.1) is 12.3 Å². The summed E-state index contributed by atoms with van der Waals surface area (Å²) in [6.07, 6.45) is 0.405. The number of alkyl halides is 2. The molecule has 4 nitrogen and oxygen atoms in total. The molecule has 0 unspecified atom stereocenters. The van der Waals surface area contributed by atoms with Gasteiger partial charge in [0.1, 0.15) is 11.5 Å². The van der Waals surface area contributed by atoms with Gasteiger partial charge in [-0.05, 0) is 19.1 Å². The molecule has 0 aliphatic rings. The molecule has 1 aromatic rings. The molecular formula is C12H18F2N2O2S. The molecule has 108 valence electrons. The monoisotopic (exact) mass is 292 g/mol. The van der Waals surface area contributed by atoms with Crippen LogP contribution in [0.4, 0.5) is 8.78 Å². The smallest absolute Gasteiger partial charge is 0.284 e. The Hall–Kier alpha value is -1.08. The van der Waals surface area contributed by atoms with Crippen molar-refractivity contribution >= 4 is 17.7 Å². The van der Waals surface area contributed by atoms with Gasteiger partial charge in [-0.25, -0.2) is 0 Å². The molecule has 1 heterocycles. The summed E-state index contributed by atoms with van der Waals surface area (Å²) >= 11 is 0.535. The maximum Gasteiger partial charge on any atom is 0.284 e. The Labute approximate surface area is 115 Å². The summed E-state index contributed by atoms with van der Waals surface area (Å²) in [6, 6.07) is 3.44. The van der Waals surface area contributed by atoms with Crippen LogP contribution in [0.1, 0.15) is 24.9 Å². The highest BCUT2D eigenvalue weighted by molar-refractivity contribution is 7.98. The van der Waals surface area contributed by atoms with Crippen molar-refractivity contribution in [1.29, 1.82) is 0 Å². The molecule has 0 spiro atoms. The minimum atomic E-state index is -2.39. The van der Waals surface area contributed by atoms with Crippen LogP contribution in [-0.2, 0) is 17.1 Å². The molecule has 7 heteroatoms. The fourth-order valence-electron chi connectivity index (χ4n) is 1.44. The minimum absolute atomic E-state index is 0.00321. The van der Waals surface area contributed by atoms with Crippen molar-refractivity contribution in [3.8, 4) is 0 Å². The van der Waals surface area contributed by atoms with E-state index in [2.05, 4.69) is 10.6 Å². The Bertz CT molecular complexity index is 386. The van der Waals surface area contributed by atoms with Gasteiger partial charge < -0.3 is 15.1 Å². The molecule has 0 aromatic carbocycles. The zero-order chi connectivity index (χ0) is 14.1. The van der Waals surface area contributed by atoms with Crippen LogP contribution in [0, 0.1) is 0 Å². The molecule has 0 saturated heterocycles. The molecule has 0 aliphatic heterocycles. The van der Waals surface area contributed by atoms with E-state index in [0.29, 0.717) is 49.3 Å². The number of furan rings is 1. The molecule has 1 rings (SSSR count). The van der Waals surface area contributed by atoms with Crippen molar-refractivity contribution in [2.24, 2.45) is 0 Å². The predicted molar refractivity (Wildman–Crippen MR) is 71.0 cm³/mol. The lowest BCUT2D eigenvalue weighted by molar-refractivity contribution is -0.120. The highest BCUT2D eigenvalue weighted by Gasteiger charge is 2.07. The van der Waals surface area contributed by atoms with Crippen molar-refractivity contribution in [3.05, 3.63) is 23.7 Å². The number of nitrogens with one attached hydrogen (secondary N) is 2. The third-order valence-electron chi connectivity index (χ3n) is 2.27. The van der Waals surface area contributed by atoms with E-state index in [4.69, 9.17) is 4.42 Å². The van der Waals surface area contributed by atoms with Gasteiger partial charge in [0.15, 0.2) is 0 Å². The van der Waals surface area contributed by atoms with E-state index in [1.165, 1.54) is 0 Å². The Balaban J connectivity index is 2.17. The number of rotatable bonds is 9. The maximum atomic E-state index is 12.0. The molecule has 0 fully saturated rings. The number of hydrogen-bond acceptors (Lipinski definition) is 4. The van der Waals surface area contributed by atoms with E-state index in [0.717, 1.165) is 0 Å². The summed E-state index contributed by atoms with van der Waals surface area (Å²) in [7, 11) is 0. The third kappa shape index (κ3) is 7.17. The highest BCUT2D eigenvalue weighted by atomic mass is 32.2. The van der Waals surface area contributed by atoms with Gasteiger partial charge in [-0.15, -0.1) is 0 Å². The fraction of sp³-hybridized carbons (Fsp3) is 0.583. The summed E-state index contributed by atoms with van der Waals surface area (Å²) in [6.45, 7) is 3.53. The minimum Gasteiger partial charge on any atom is -0.464 e. The van der Waals surface area contributed by atoms with Gasteiger partial charge in [0.2, 0.25) is 5.91 Å². The second kappa shape index (κ2) is 8.92. The van der Waals surface area contributed by atoms with E-state index in [1.54, 1.807) is 12.1 Å². The van der Waals surface area contributed by atoms with Crippen molar-refractivity contribution in [3.63, 3.8) is 0 Å². The second-order valence-electron chi connectivity index (χ2n) is 3.82. The van der Waals surface area contributed by atoms with Crippen molar-refractivity contribution < 1.29 is 18.0 Å². The zero-order valence-corrected chi connectivity index (χ0v) is 11.6. The molecule has 1 amide bonds. The first kappa shape index (κ1) is 16.0. The second-order valence-corrected chi connectivity index (χ2v) is 4.80. The Morgan fingerprint density at radius 1 is 1.42 bits per heavy atom. The zero-order valence-electron chi connectivity index (χ0n) is 10.7. The Morgan fingerprint density at radius 2 is 2.16 bits per heavy atom. The van der Waals surface area contributed by atoms with Gasteiger partial charge in [0, 0.05) is 19.5 Å². The maximum absolute atomic E-state index is 12.0. The molecule has 0 bridgehead atoms. The van der Waals surface area contributed by atoms with E-state index >= 15 is 0 Å². The highest BCUT2D eigenvalue weighted by Crippen LogP contribution is 2.21. The number of carbonyl (C=O) groups excluding carboxylic acids is 1. The van der Waals surface area contributed by atoms with Crippen LogP contribution in [0.5, 0.6) is 0 Å². The van der Waals surface area contributed by atoms with Gasteiger partial charge in [-0.3, -0.25) is 4.79 Å². The van der Waals surface area contributed by atoms with E-state index in [9.17, 15) is 13.6 Å². The van der Waals surface area contributed by atoms with Crippen LogP contribution >= 0.6 is 11.8 Å². The molecule has 19 heavy (non-hydrogen) atoms. The first-order valence-corrected chi connectivity index (χ1v) is 7.11. The largest absolute Gasteiger partial charge is 0.464 e. The van der Waals surface area contributed by atoms with Crippen molar-refractivity contribution in [1.82, 2.24) is 10.6 Å². The Kier molecular flexibility index (Phi) is 7.50. The quantitative estimate of drug-likeness (QED) is 0.686. The first-order valence-electron chi connectivity index (χ1n) is 6.06.